The maximum Gasteiger partial charge on any atom is 0.409 e. The van der Waals surface area contributed by atoms with E-state index >= 15 is 0 Å². The number of piperidine rings is 1. The van der Waals surface area contributed by atoms with Crippen LogP contribution in [0.3, 0.4) is 0 Å². The molecule has 2 unspecified atom stereocenters. The van der Waals surface area contributed by atoms with Crippen molar-refractivity contribution in [1.82, 2.24) is 4.90 Å². The SMILES string of the molecule is COC(=O)N1CCC(N=C=S)C(C)C1. The monoisotopic (exact) mass is 214 g/mol. The van der Waals surface area contributed by atoms with E-state index in [4.69, 9.17) is 0 Å². The lowest BCUT2D eigenvalue weighted by Crippen LogP contribution is -2.44. The molecule has 0 spiro atoms. The Hall–Kier alpha value is -0.930. The Morgan fingerprint density at radius 1 is 1.71 bits per heavy atom. The highest BCUT2D eigenvalue weighted by molar-refractivity contribution is 7.78. The van der Waals surface area contributed by atoms with E-state index in [2.05, 4.69) is 34.0 Å². The van der Waals surface area contributed by atoms with E-state index in [1.165, 1.54) is 7.11 Å². The first-order chi connectivity index (χ1) is 6.69. The normalized spacial score (nSPS) is 26.6. The maximum absolute atomic E-state index is 11.2. The molecular formula is C9H14N2O2S. The quantitative estimate of drug-likeness (QED) is 0.491. The van der Waals surface area contributed by atoms with Crippen LogP contribution in [0.2, 0.25) is 0 Å². The van der Waals surface area contributed by atoms with Crippen molar-refractivity contribution in [2.45, 2.75) is 19.4 Å². The van der Waals surface area contributed by atoms with Gasteiger partial charge in [0.15, 0.2) is 0 Å². The van der Waals surface area contributed by atoms with Crippen LogP contribution in [-0.4, -0.2) is 42.4 Å². The molecule has 14 heavy (non-hydrogen) atoms. The van der Waals surface area contributed by atoms with Crippen LogP contribution < -0.4 is 0 Å². The molecule has 0 bridgehead atoms. The average molecular weight is 214 g/mol. The number of likely N-dealkylation sites (tertiary alicyclic amines) is 1. The van der Waals surface area contributed by atoms with Gasteiger partial charge in [0.2, 0.25) is 0 Å². The second-order valence-corrected chi connectivity index (χ2v) is 3.65. The van der Waals surface area contributed by atoms with E-state index < -0.39 is 0 Å². The molecule has 0 N–H and O–H groups in total. The second-order valence-electron chi connectivity index (χ2n) is 3.47. The molecule has 1 aliphatic heterocycles. The summed E-state index contributed by atoms with van der Waals surface area (Å²) < 4.78 is 4.65. The van der Waals surface area contributed by atoms with Gasteiger partial charge in [-0.3, -0.25) is 0 Å². The summed E-state index contributed by atoms with van der Waals surface area (Å²) in [5.41, 5.74) is 0. The molecule has 0 aliphatic carbocycles. The predicted octanol–water partition coefficient (Wildman–Crippen LogP) is 1.57. The predicted molar refractivity (Wildman–Crippen MR) is 56.6 cm³/mol. The maximum atomic E-state index is 11.2. The number of thiocarbonyl (C=S) groups is 1. The van der Waals surface area contributed by atoms with Gasteiger partial charge in [0.1, 0.15) is 0 Å². The third-order valence-corrected chi connectivity index (χ3v) is 2.62. The van der Waals surface area contributed by atoms with Gasteiger partial charge >= 0.3 is 6.09 Å². The summed E-state index contributed by atoms with van der Waals surface area (Å²) in [6.45, 7) is 3.41. The average Bonchev–Trinajstić information content (AvgIpc) is 2.20. The molecule has 0 saturated carbocycles. The molecule has 1 rings (SSSR count). The zero-order chi connectivity index (χ0) is 10.6. The van der Waals surface area contributed by atoms with E-state index in [-0.39, 0.29) is 12.1 Å². The fourth-order valence-electron chi connectivity index (χ4n) is 1.69. The third kappa shape index (κ3) is 2.53. The number of ether oxygens (including phenoxy) is 1. The summed E-state index contributed by atoms with van der Waals surface area (Å²) in [6.07, 6.45) is 0.571. The van der Waals surface area contributed by atoms with Crippen LogP contribution in [0.1, 0.15) is 13.3 Å². The molecule has 0 aromatic heterocycles. The number of hydrogen-bond acceptors (Lipinski definition) is 4. The van der Waals surface area contributed by atoms with Crippen molar-refractivity contribution < 1.29 is 9.53 Å². The first-order valence-corrected chi connectivity index (χ1v) is 4.99. The number of amides is 1. The number of carbonyl (C=O) groups excluding carboxylic acids is 1. The Balaban J connectivity index is 2.54. The lowest BCUT2D eigenvalue weighted by Gasteiger charge is -2.33. The largest absolute Gasteiger partial charge is 0.453 e. The summed E-state index contributed by atoms with van der Waals surface area (Å²) >= 11 is 4.57. The number of nitrogens with zero attached hydrogens (tertiary/aromatic N) is 2. The van der Waals surface area contributed by atoms with Gasteiger partial charge in [-0.05, 0) is 24.6 Å². The Kier molecular flexibility index (Phi) is 4.04. The van der Waals surface area contributed by atoms with Crippen molar-refractivity contribution in [3.63, 3.8) is 0 Å². The van der Waals surface area contributed by atoms with Gasteiger partial charge in [0.05, 0.1) is 18.3 Å². The Morgan fingerprint density at radius 3 is 2.93 bits per heavy atom. The van der Waals surface area contributed by atoms with Crippen LogP contribution in [0.4, 0.5) is 4.79 Å². The summed E-state index contributed by atoms with van der Waals surface area (Å²) in [4.78, 5) is 17.0. The lowest BCUT2D eigenvalue weighted by molar-refractivity contribution is 0.0998. The minimum Gasteiger partial charge on any atom is -0.453 e. The van der Waals surface area contributed by atoms with Gasteiger partial charge in [0, 0.05) is 13.1 Å². The second kappa shape index (κ2) is 5.08. The minimum absolute atomic E-state index is 0.202. The molecule has 0 radical (unpaired) electrons. The number of isothiocyanates is 1. The van der Waals surface area contributed by atoms with Gasteiger partial charge in [-0.2, -0.15) is 0 Å². The van der Waals surface area contributed by atoms with Crippen LogP contribution in [-0.2, 0) is 4.74 Å². The number of methoxy groups -OCH3 is 1. The van der Waals surface area contributed by atoms with Gasteiger partial charge in [-0.15, -0.1) is 0 Å². The zero-order valence-electron chi connectivity index (χ0n) is 8.40. The van der Waals surface area contributed by atoms with Gasteiger partial charge < -0.3 is 9.64 Å². The first-order valence-electron chi connectivity index (χ1n) is 4.59. The third-order valence-electron chi connectivity index (χ3n) is 2.51. The number of hydrogen-bond donors (Lipinski definition) is 0. The fourth-order valence-corrected chi connectivity index (χ4v) is 1.82. The Labute approximate surface area is 88.9 Å². The smallest absolute Gasteiger partial charge is 0.409 e. The van der Waals surface area contributed by atoms with Crippen LogP contribution in [0, 0.1) is 5.92 Å². The van der Waals surface area contributed by atoms with Gasteiger partial charge in [-0.25, -0.2) is 9.79 Å². The summed E-state index contributed by atoms with van der Waals surface area (Å²) in [5.74, 6) is 0.318. The molecule has 2 atom stereocenters. The summed E-state index contributed by atoms with van der Waals surface area (Å²) in [7, 11) is 1.40. The van der Waals surface area contributed by atoms with Crippen molar-refractivity contribution in [1.29, 1.82) is 0 Å². The molecule has 0 aromatic carbocycles. The van der Waals surface area contributed by atoms with Gasteiger partial charge in [-0.1, -0.05) is 6.92 Å². The van der Waals surface area contributed by atoms with Crippen LogP contribution in [0.5, 0.6) is 0 Å². The number of carbonyl (C=O) groups is 1. The van der Waals surface area contributed by atoms with E-state index in [0.29, 0.717) is 19.0 Å². The zero-order valence-corrected chi connectivity index (χ0v) is 9.21. The summed E-state index contributed by atoms with van der Waals surface area (Å²) in [6, 6.07) is 0.202. The van der Waals surface area contributed by atoms with Crippen molar-refractivity contribution >= 4 is 23.5 Å². The van der Waals surface area contributed by atoms with E-state index in [0.717, 1.165) is 6.42 Å². The van der Waals surface area contributed by atoms with Crippen LogP contribution in [0.15, 0.2) is 4.99 Å². The van der Waals surface area contributed by atoms with Crippen molar-refractivity contribution in [3.8, 4) is 0 Å². The van der Waals surface area contributed by atoms with Crippen molar-refractivity contribution in [2.75, 3.05) is 20.2 Å². The molecule has 4 nitrogen and oxygen atoms in total. The topological polar surface area (TPSA) is 41.9 Å². The minimum atomic E-state index is -0.262. The number of rotatable bonds is 1. The Morgan fingerprint density at radius 2 is 2.43 bits per heavy atom. The molecule has 0 aromatic rings. The highest BCUT2D eigenvalue weighted by Crippen LogP contribution is 2.19. The molecule has 78 valence electrons. The standard InChI is InChI=1S/C9H14N2O2S/c1-7-5-11(9(12)13-2)4-3-8(7)10-6-14/h7-8H,3-5H2,1-2H3. The van der Waals surface area contributed by atoms with E-state index in [1.807, 2.05) is 0 Å². The molecule has 1 heterocycles. The van der Waals surface area contributed by atoms with Gasteiger partial charge in [0.25, 0.3) is 0 Å². The Bertz CT molecular complexity index is 264. The highest BCUT2D eigenvalue weighted by Gasteiger charge is 2.28. The summed E-state index contributed by atoms with van der Waals surface area (Å²) in [5, 5.41) is 2.40. The van der Waals surface area contributed by atoms with Crippen molar-refractivity contribution in [3.05, 3.63) is 0 Å². The molecule has 5 heteroatoms. The van der Waals surface area contributed by atoms with E-state index in [1.54, 1.807) is 4.90 Å². The van der Waals surface area contributed by atoms with Crippen LogP contribution >= 0.6 is 12.2 Å². The van der Waals surface area contributed by atoms with Crippen LogP contribution in [0.25, 0.3) is 0 Å². The fraction of sp³-hybridized carbons (Fsp3) is 0.778. The molecule has 1 amide bonds. The number of aliphatic imine (C=N–C) groups is 1. The lowest BCUT2D eigenvalue weighted by atomic mass is 9.95. The van der Waals surface area contributed by atoms with Crippen molar-refractivity contribution in [2.24, 2.45) is 10.9 Å². The first kappa shape index (κ1) is 11.1. The molecule has 1 fully saturated rings. The molecule has 1 saturated heterocycles. The highest BCUT2D eigenvalue weighted by atomic mass is 32.1. The van der Waals surface area contributed by atoms with E-state index in [9.17, 15) is 4.79 Å². The molecular weight excluding hydrogens is 200 g/mol. The molecule has 1 aliphatic rings.